The Hall–Kier alpha value is -0.360. The van der Waals surface area contributed by atoms with E-state index in [-0.39, 0.29) is 20.4 Å². The molecule has 0 bridgehead atoms. The Labute approximate surface area is 123 Å². The van der Waals surface area contributed by atoms with Crippen LogP contribution in [0.25, 0.3) is 0 Å². The molecule has 0 unspecified atom stereocenters. The van der Waals surface area contributed by atoms with Crippen molar-refractivity contribution >= 4 is 32.2 Å². The minimum absolute atomic E-state index is 0.0714. The third-order valence-corrected chi connectivity index (χ3v) is 7.49. The molecule has 1 nitrogen and oxygen atoms in total. The summed E-state index contributed by atoms with van der Waals surface area (Å²) >= 11 is 1.85. The van der Waals surface area contributed by atoms with Gasteiger partial charge in [-0.15, -0.1) is 0 Å². The summed E-state index contributed by atoms with van der Waals surface area (Å²) in [5.41, 5.74) is 0. The normalized spacial score (nSPS) is 10.6. The first-order valence-corrected chi connectivity index (χ1v) is 9.37. The molecule has 0 aliphatic carbocycles. The van der Waals surface area contributed by atoms with Crippen LogP contribution < -0.4 is 4.74 Å². The summed E-state index contributed by atoms with van der Waals surface area (Å²) in [5.74, 6) is 0.929. The molecule has 2 rings (SSSR count). The summed E-state index contributed by atoms with van der Waals surface area (Å²) in [7, 11) is 1.71. The molecule has 0 saturated heterocycles. The molecule has 96 valence electrons. The quantitative estimate of drug-likeness (QED) is 0.700. The monoisotopic (exact) mass is 376 g/mol. The van der Waals surface area contributed by atoms with E-state index in [1.165, 1.54) is 24.2 Å². The van der Waals surface area contributed by atoms with Crippen LogP contribution in [0.1, 0.15) is 23.3 Å². The zero-order chi connectivity index (χ0) is 12.8. The molecule has 18 heavy (non-hydrogen) atoms. The van der Waals surface area contributed by atoms with E-state index in [4.69, 9.17) is 4.74 Å². The standard InChI is InChI=1S/C15H18OSTe/c1-3-4-5-14-10-11-15(18-14)17-13-8-6-12(16-2)7-9-13/h6-11H,3-5H2,1-2H3. The second-order valence-electron chi connectivity index (χ2n) is 4.10. The van der Waals surface area contributed by atoms with Gasteiger partial charge < -0.3 is 0 Å². The number of aryl methyl sites for hydroxylation is 1. The molecule has 1 aromatic heterocycles. The van der Waals surface area contributed by atoms with Crippen LogP contribution >= 0.6 is 11.8 Å². The van der Waals surface area contributed by atoms with Gasteiger partial charge >= 0.3 is 124 Å². The molecule has 0 atom stereocenters. The van der Waals surface area contributed by atoms with Crippen LogP contribution in [0.15, 0.2) is 44.2 Å². The van der Waals surface area contributed by atoms with Gasteiger partial charge in [0, 0.05) is 0 Å². The SMILES string of the molecule is CCCCc1ccc(Sc2ccc(OC)cc2)[te]1. The van der Waals surface area contributed by atoms with Crippen LogP contribution in [-0.4, -0.2) is 27.5 Å². The predicted molar refractivity (Wildman–Crippen MR) is 79.1 cm³/mol. The Morgan fingerprint density at radius 3 is 2.56 bits per heavy atom. The Morgan fingerprint density at radius 2 is 1.89 bits per heavy atom. The zero-order valence-corrected chi connectivity index (χ0v) is 14.0. The number of benzene rings is 1. The van der Waals surface area contributed by atoms with Crippen molar-refractivity contribution in [2.75, 3.05) is 7.11 Å². The third kappa shape index (κ3) is 4.09. The van der Waals surface area contributed by atoms with E-state index >= 15 is 0 Å². The molecule has 0 saturated carbocycles. The summed E-state index contributed by atoms with van der Waals surface area (Å²) in [6, 6.07) is 13.0. The maximum absolute atomic E-state index is 5.17. The molecule has 0 radical (unpaired) electrons. The van der Waals surface area contributed by atoms with Gasteiger partial charge in [0.2, 0.25) is 0 Å². The van der Waals surface area contributed by atoms with Crippen LogP contribution in [0.5, 0.6) is 5.75 Å². The molecule has 0 aliphatic rings. The molecule has 0 N–H and O–H groups in total. The van der Waals surface area contributed by atoms with Crippen molar-refractivity contribution in [3.8, 4) is 5.75 Å². The number of hydrogen-bond donors (Lipinski definition) is 0. The van der Waals surface area contributed by atoms with E-state index < -0.39 is 0 Å². The topological polar surface area (TPSA) is 9.23 Å². The number of methoxy groups -OCH3 is 1. The maximum atomic E-state index is 5.17. The van der Waals surface area contributed by atoms with Gasteiger partial charge in [-0.3, -0.25) is 0 Å². The van der Waals surface area contributed by atoms with Gasteiger partial charge in [-0.2, -0.15) is 0 Å². The van der Waals surface area contributed by atoms with Gasteiger partial charge in [0.25, 0.3) is 0 Å². The average Bonchev–Trinajstić information content (AvgIpc) is 2.85. The van der Waals surface area contributed by atoms with E-state index in [0.717, 1.165) is 5.75 Å². The second-order valence-corrected chi connectivity index (χ2v) is 9.36. The molecule has 2 aromatic rings. The molecule has 3 heteroatoms. The number of rotatable bonds is 6. The van der Waals surface area contributed by atoms with E-state index in [2.05, 4.69) is 31.2 Å². The average molecular weight is 374 g/mol. The Balaban J connectivity index is 1.97. The summed E-state index contributed by atoms with van der Waals surface area (Å²) < 4.78 is 8.46. The second kappa shape index (κ2) is 7.28. The molecular weight excluding hydrogens is 356 g/mol. The number of unbranched alkanes of at least 4 members (excludes halogenated alkanes) is 1. The van der Waals surface area contributed by atoms with Crippen molar-refractivity contribution in [3.05, 3.63) is 40.0 Å². The van der Waals surface area contributed by atoms with Crippen LogP contribution in [0.4, 0.5) is 0 Å². The van der Waals surface area contributed by atoms with Crippen LogP contribution in [-0.2, 0) is 6.42 Å². The predicted octanol–water partition coefficient (Wildman–Crippen LogP) is 4.25. The molecule has 0 aliphatic heterocycles. The zero-order valence-electron chi connectivity index (χ0n) is 10.8. The fourth-order valence-corrected chi connectivity index (χ4v) is 6.46. The third-order valence-electron chi connectivity index (χ3n) is 2.69. The van der Waals surface area contributed by atoms with Gasteiger partial charge in [-0.05, 0) is 0 Å². The summed E-state index contributed by atoms with van der Waals surface area (Å²) in [6.45, 7) is 2.26. The molecule has 1 aromatic carbocycles. The minimum atomic E-state index is -0.0714. The van der Waals surface area contributed by atoms with E-state index in [9.17, 15) is 0 Å². The molecule has 0 fully saturated rings. The fraction of sp³-hybridized carbons (Fsp3) is 0.333. The van der Waals surface area contributed by atoms with Crippen molar-refractivity contribution in [2.45, 2.75) is 34.0 Å². The van der Waals surface area contributed by atoms with Gasteiger partial charge in [-0.1, -0.05) is 0 Å². The molecular formula is C15H18OSTe. The van der Waals surface area contributed by atoms with Crippen molar-refractivity contribution in [2.24, 2.45) is 0 Å². The number of ether oxygens (including phenoxy) is 1. The summed E-state index contributed by atoms with van der Waals surface area (Å²) in [6.07, 6.45) is 3.94. The molecule has 0 spiro atoms. The Kier molecular flexibility index (Phi) is 5.69. The van der Waals surface area contributed by atoms with Crippen LogP contribution in [0.2, 0.25) is 0 Å². The first-order valence-electron chi connectivity index (χ1n) is 6.22. The molecule has 0 amide bonds. The first-order chi connectivity index (χ1) is 8.81. The Bertz CT molecular complexity index is 475. The fourth-order valence-electron chi connectivity index (χ4n) is 1.66. The summed E-state index contributed by atoms with van der Waals surface area (Å²) in [4.78, 5) is 1.32. The van der Waals surface area contributed by atoms with E-state index in [0.29, 0.717) is 0 Å². The van der Waals surface area contributed by atoms with Crippen molar-refractivity contribution in [1.29, 1.82) is 0 Å². The van der Waals surface area contributed by atoms with Gasteiger partial charge in [0.05, 0.1) is 0 Å². The van der Waals surface area contributed by atoms with Crippen LogP contribution in [0.3, 0.4) is 0 Å². The van der Waals surface area contributed by atoms with Gasteiger partial charge in [-0.25, -0.2) is 0 Å². The van der Waals surface area contributed by atoms with Gasteiger partial charge in [0.15, 0.2) is 0 Å². The Morgan fingerprint density at radius 1 is 1.11 bits per heavy atom. The van der Waals surface area contributed by atoms with E-state index in [1.807, 2.05) is 23.9 Å². The first kappa shape index (κ1) is 14.1. The molecule has 1 heterocycles. The van der Waals surface area contributed by atoms with Crippen molar-refractivity contribution in [1.82, 2.24) is 0 Å². The van der Waals surface area contributed by atoms with Crippen LogP contribution in [0, 0.1) is 0 Å². The van der Waals surface area contributed by atoms with Crippen molar-refractivity contribution in [3.63, 3.8) is 0 Å². The summed E-state index contributed by atoms with van der Waals surface area (Å²) in [5, 5.41) is 0. The van der Waals surface area contributed by atoms with E-state index in [1.54, 1.807) is 13.6 Å². The number of hydrogen-bond acceptors (Lipinski definition) is 2. The van der Waals surface area contributed by atoms with Gasteiger partial charge in [0.1, 0.15) is 0 Å². The van der Waals surface area contributed by atoms with Crippen molar-refractivity contribution < 1.29 is 4.74 Å².